The molecule has 0 bridgehead atoms. The van der Waals surface area contributed by atoms with Crippen molar-refractivity contribution >= 4 is 23.4 Å². The molecule has 35 heavy (non-hydrogen) atoms. The van der Waals surface area contributed by atoms with Gasteiger partial charge in [0.1, 0.15) is 5.82 Å². The largest absolute Gasteiger partial charge is 0.416 e. The second-order valence-electron chi connectivity index (χ2n) is 7.55. The van der Waals surface area contributed by atoms with Crippen molar-refractivity contribution in [3.05, 3.63) is 100 Å². The van der Waals surface area contributed by atoms with E-state index in [9.17, 15) is 31.9 Å². The predicted octanol–water partition coefficient (Wildman–Crippen LogP) is 4.57. The minimum Gasteiger partial charge on any atom is -0.350 e. The Hall–Kier alpha value is -4.21. The summed E-state index contributed by atoms with van der Waals surface area (Å²) in [6, 6.07) is 13.9. The van der Waals surface area contributed by atoms with Crippen LogP contribution in [-0.4, -0.2) is 30.8 Å². The van der Waals surface area contributed by atoms with Gasteiger partial charge in [-0.2, -0.15) is 13.2 Å². The molecular formula is C25H21F4N3O3. The summed E-state index contributed by atoms with van der Waals surface area (Å²) >= 11 is 0. The number of carbonyl (C=O) groups excluding carboxylic acids is 3. The first-order valence-corrected chi connectivity index (χ1v) is 10.5. The zero-order valence-corrected chi connectivity index (χ0v) is 18.5. The SMILES string of the molecule is Cc1ccc(C(=O)NCCNC(=O)c2ccc(C(F)(F)F)cc2)cc1NC(=O)c1ccccc1F. The van der Waals surface area contributed by atoms with Crippen molar-refractivity contribution in [2.45, 2.75) is 13.1 Å². The quantitative estimate of drug-likeness (QED) is 0.337. The van der Waals surface area contributed by atoms with E-state index in [0.717, 1.165) is 24.3 Å². The fourth-order valence-electron chi connectivity index (χ4n) is 3.10. The van der Waals surface area contributed by atoms with Gasteiger partial charge < -0.3 is 16.0 Å². The Morgan fingerprint density at radius 1 is 0.771 bits per heavy atom. The molecule has 0 aliphatic heterocycles. The van der Waals surface area contributed by atoms with Crippen molar-refractivity contribution in [2.24, 2.45) is 0 Å². The molecule has 6 nitrogen and oxygen atoms in total. The molecule has 10 heteroatoms. The lowest BCUT2D eigenvalue weighted by atomic mass is 10.1. The van der Waals surface area contributed by atoms with Crippen LogP contribution in [0.3, 0.4) is 0 Å². The van der Waals surface area contributed by atoms with Crippen molar-refractivity contribution in [3.8, 4) is 0 Å². The molecule has 3 rings (SSSR count). The molecule has 182 valence electrons. The van der Waals surface area contributed by atoms with Crippen LogP contribution < -0.4 is 16.0 Å². The smallest absolute Gasteiger partial charge is 0.350 e. The molecule has 0 atom stereocenters. The summed E-state index contributed by atoms with van der Waals surface area (Å²) in [4.78, 5) is 36.9. The monoisotopic (exact) mass is 487 g/mol. The highest BCUT2D eigenvalue weighted by Gasteiger charge is 2.30. The Kier molecular flexibility index (Phi) is 7.85. The number of aryl methyl sites for hydroxylation is 1. The van der Waals surface area contributed by atoms with Crippen LogP contribution in [0, 0.1) is 12.7 Å². The molecule has 3 N–H and O–H groups in total. The van der Waals surface area contributed by atoms with E-state index in [-0.39, 0.29) is 29.8 Å². The first-order valence-electron chi connectivity index (χ1n) is 10.5. The molecular weight excluding hydrogens is 466 g/mol. The molecule has 3 amide bonds. The first-order chi connectivity index (χ1) is 16.6. The van der Waals surface area contributed by atoms with Crippen molar-refractivity contribution in [3.63, 3.8) is 0 Å². The fraction of sp³-hybridized carbons (Fsp3) is 0.160. The van der Waals surface area contributed by atoms with Gasteiger partial charge in [-0.05, 0) is 61.0 Å². The average molecular weight is 487 g/mol. The number of hydrogen-bond donors (Lipinski definition) is 3. The van der Waals surface area contributed by atoms with Crippen LogP contribution in [0.4, 0.5) is 23.2 Å². The van der Waals surface area contributed by atoms with Crippen LogP contribution in [0.1, 0.15) is 42.2 Å². The molecule has 0 aliphatic carbocycles. The van der Waals surface area contributed by atoms with Crippen LogP contribution in [-0.2, 0) is 6.18 Å². The van der Waals surface area contributed by atoms with E-state index in [0.29, 0.717) is 11.3 Å². The minimum atomic E-state index is -4.49. The van der Waals surface area contributed by atoms with Crippen LogP contribution in [0.2, 0.25) is 0 Å². The third-order valence-electron chi connectivity index (χ3n) is 5.04. The summed E-state index contributed by atoms with van der Waals surface area (Å²) < 4.78 is 51.7. The third-order valence-corrected chi connectivity index (χ3v) is 5.04. The Bertz CT molecular complexity index is 1240. The number of rotatable bonds is 7. The van der Waals surface area contributed by atoms with Gasteiger partial charge in [0, 0.05) is 29.9 Å². The molecule has 0 heterocycles. The maximum atomic E-state index is 13.9. The van der Waals surface area contributed by atoms with Crippen LogP contribution >= 0.6 is 0 Å². The zero-order chi connectivity index (χ0) is 25.6. The summed E-state index contributed by atoms with van der Waals surface area (Å²) in [5, 5.41) is 7.70. The molecule has 0 saturated heterocycles. The molecule has 0 saturated carbocycles. The van der Waals surface area contributed by atoms with E-state index >= 15 is 0 Å². The highest BCUT2D eigenvalue weighted by Crippen LogP contribution is 2.29. The average Bonchev–Trinajstić information content (AvgIpc) is 2.82. The number of nitrogens with one attached hydrogen (secondary N) is 3. The van der Waals surface area contributed by atoms with E-state index in [1.165, 1.54) is 30.3 Å². The van der Waals surface area contributed by atoms with Gasteiger partial charge in [-0.15, -0.1) is 0 Å². The van der Waals surface area contributed by atoms with Gasteiger partial charge in [-0.1, -0.05) is 18.2 Å². The lowest BCUT2D eigenvalue weighted by Crippen LogP contribution is -2.34. The van der Waals surface area contributed by atoms with E-state index in [1.807, 2.05) is 0 Å². The van der Waals surface area contributed by atoms with Crippen LogP contribution in [0.15, 0.2) is 66.7 Å². The highest BCUT2D eigenvalue weighted by atomic mass is 19.4. The van der Waals surface area contributed by atoms with Crippen molar-refractivity contribution in [1.82, 2.24) is 10.6 Å². The van der Waals surface area contributed by atoms with Crippen molar-refractivity contribution < 1.29 is 31.9 Å². The molecule has 3 aromatic rings. The number of carbonyl (C=O) groups is 3. The summed E-state index contributed by atoms with van der Waals surface area (Å²) in [6.07, 6.45) is -4.49. The van der Waals surface area contributed by atoms with Gasteiger partial charge in [0.15, 0.2) is 0 Å². The van der Waals surface area contributed by atoms with Gasteiger partial charge in [-0.3, -0.25) is 14.4 Å². The number of anilines is 1. The molecule has 0 unspecified atom stereocenters. The number of hydrogen-bond acceptors (Lipinski definition) is 3. The molecule has 0 aliphatic rings. The van der Waals surface area contributed by atoms with Gasteiger partial charge in [-0.25, -0.2) is 4.39 Å². The standard InChI is InChI=1S/C25H21F4N3O3/c1-15-6-7-17(14-21(15)32-24(35)19-4-2-3-5-20(19)26)23(34)31-13-12-30-22(33)16-8-10-18(11-9-16)25(27,28)29/h2-11,14H,12-13H2,1H3,(H,30,33)(H,31,34)(H,32,35). The Morgan fingerprint density at radius 2 is 1.34 bits per heavy atom. The Labute approximate surface area is 198 Å². The Morgan fingerprint density at radius 3 is 1.94 bits per heavy atom. The minimum absolute atomic E-state index is 0.0360. The lowest BCUT2D eigenvalue weighted by molar-refractivity contribution is -0.137. The van der Waals surface area contributed by atoms with Crippen molar-refractivity contribution in [2.75, 3.05) is 18.4 Å². The fourth-order valence-corrected chi connectivity index (χ4v) is 3.10. The second-order valence-corrected chi connectivity index (χ2v) is 7.55. The highest BCUT2D eigenvalue weighted by molar-refractivity contribution is 6.05. The summed E-state index contributed by atoms with van der Waals surface area (Å²) in [7, 11) is 0. The Balaban J connectivity index is 1.53. The molecule has 0 radical (unpaired) electrons. The van der Waals surface area contributed by atoms with Gasteiger partial charge in [0.05, 0.1) is 11.1 Å². The lowest BCUT2D eigenvalue weighted by Gasteiger charge is -2.12. The number of halogens is 4. The third kappa shape index (κ3) is 6.66. The molecule has 0 aromatic heterocycles. The molecule has 3 aromatic carbocycles. The molecule has 0 spiro atoms. The van der Waals surface area contributed by atoms with Gasteiger partial charge in [0.25, 0.3) is 17.7 Å². The van der Waals surface area contributed by atoms with Crippen LogP contribution in [0.25, 0.3) is 0 Å². The summed E-state index contributed by atoms with van der Waals surface area (Å²) in [6.45, 7) is 1.81. The second kappa shape index (κ2) is 10.8. The first kappa shape index (κ1) is 25.4. The summed E-state index contributed by atoms with van der Waals surface area (Å²) in [5.74, 6) is -2.39. The maximum Gasteiger partial charge on any atom is 0.416 e. The van der Waals surface area contributed by atoms with Crippen molar-refractivity contribution in [1.29, 1.82) is 0 Å². The molecule has 0 fully saturated rings. The zero-order valence-electron chi connectivity index (χ0n) is 18.5. The van der Waals surface area contributed by atoms with Gasteiger partial charge in [0.2, 0.25) is 0 Å². The summed E-state index contributed by atoms with van der Waals surface area (Å²) in [5.41, 5.74) is 0.289. The normalized spacial score (nSPS) is 11.0. The maximum absolute atomic E-state index is 13.9. The topological polar surface area (TPSA) is 87.3 Å². The van der Waals surface area contributed by atoms with E-state index in [2.05, 4.69) is 16.0 Å². The van der Waals surface area contributed by atoms with Gasteiger partial charge >= 0.3 is 6.18 Å². The number of amides is 3. The number of benzene rings is 3. The van der Waals surface area contributed by atoms with E-state index < -0.39 is 35.3 Å². The van der Waals surface area contributed by atoms with E-state index in [1.54, 1.807) is 19.1 Å². The van der Waals surface area contributed by atoms with E-state index in [4.69, 9.17) is 0 Å². The van der Waals surface area contributed by atoms with Crippen LogP contribution in [0.5, 0.6) is 0 Å². The predicted molar refractivity (Wildman–Crippen MR) is 122 cm³/mol. The number of alkyl halides is 3.